The number of sulfonamides is 1. The van der Waals surface area contributed by atoms with Crippen LogP contribution < -0.4 is 0 Å². The number of likely N-dealkylation sites (N-methyl/N-ethyl adjacent to an activating group) is 1. The Labute approximate surface area is 137 Å². The van der Waals surface area contributed by atoms with Gasteiger partial charge in [-0.1, -0.05) is 0 Å². The number of hydrogen-bond donors (Lipinski definition) is 0. The number of hydrogen-bond acceptors (Lipinski definition) is 4. The largest absolute Gasteiger partial charge is 0.335 e. The molecule has 0 saturated carbocycles. The summed E-state index contributed by atoms with van der Waals surface area (Å²) < 4.78 is 53.0. The molecule has 2 amide bonds. The van der Waals surface area contributed by atoms with E-state index in [-0.39, 0.29) is 38.0 Å². The Morgan fingerprint density at radius 2 is 1.88 bits per heavy atom. The molecule has 130 valence electrons. The predicted molar refractivity (Wildman–Crippen MR) is 78.3 cm³/mol. The number of fused-ring (bicyclic) bond motifs is 1. The predicted octanol–water partition coefficient (Wildman–Crippen LogP) is -0.362. The van der Waals surface area contributed by atoms with E-state index in [1.807, 2.05) is 0 Å². The summed E-state index contributed by atoms with van der Waals surface area (Å²) in [6, 6.07) is 1.27. The van der Waals surface area contributed by atoms with E-state index in [1.54, 1.807) is 0 Å². The second kappa shape index (κ2) is 5.78. The van der Waals surface area contributed by atoms with Crippen LogP contribution in [0, 0.1) is 11.6 Å². The molecule has 1 aromatic rings. The SMILES string of the molecule is CN1CC(=O)N2CCN(S(=O)(=O)c3ccc(F)cc3F)C[C@@H]2C1=O. The van der Waals surface area contributed by atoms with Crippen LogP contribution in [-0.2, 0) is 19.6 Å². The van der Waals surface area contributed by atoms with Crippen LogP contribution in [0.4, 0.5) is 8.78 Å². The first-order valence-electron chi connectivity index (χ1n) is 7.21. The van der Waals surface area contributed by atoms with E-state index in [0.717, 1.165) is 16.4 Å². The van der Waals surface area contributed by atoms with Gasteiger partial charge in [-0.05, 0) is 12.1 Å². The molecule has 1 atom stereocenters. The number of halogens is 2. The van der Waals surface area contributed by atoms with Crippen LogP contribution in [0.2, 0.25) is 0 Å². The minimum atomic E-state index is -4.24. The van der Waals surface area contributed by atoms with E-state index in [2.05, 4.69) is 0 Å². The van der Waals surface area contributed by atoms with Crippen LogP contribution >= 0.6 is 0 Å². The number of nitrogens with zero attached hydrogens (tertiary/aromatic N) is 3. The maximum Gasteiger partial charge on any atom is 0.246 e. The molecule has 2 aliphatic rings. The van der Waals surface area contributed by atoms with Crippen molar-refractivity contribution in [1.82, 2.24) is 14.1 Å². The molecule has 2 fully saturated rings. The molecule has 0 bridgehead atoms. The number of amides is 2. The van der Waals surface area contributed by atoms with Gasteiger partial charge in [0.1, 0.15) is 22.6 Å². The third kappa shape index (κ3) is 2.65. The minimum absolute atomic E-state index is 0.0467. The molecular weight excluding hydrogens is 344 g/mol. The first-order valence-corrected chi connectivity index (χ1v) is 8.65. The molecule has 0 unspecified atom stereocenters. The molecule has 7 nitrogen and oxygen atoms in total. The molecule has 0 spiro atoms. The van der Waals surface area contributed by atoms with E-state index in [1.165, 1.54) is 16.8 Å². The van der Waals surface area contributed by atoms with E-state index in [9.17, 15) is 26.8 Å². The lowest BCUT2D eigenvalue weighted by Crippen LogP contribution is -2.66. The van der Waals surface area contributed by atoms with Crippen molar-refractivity contribution in [3.63, 3.8) is 0 Å². The fourth-order valence-corrected chi connectivity index (χ4v) is 4.42. The normalized spacial score (nSPS) is 22.7. The average molecular weight is 359 g/mol. The summed E-state index contributed by atoms with van der Waals surface area (Å²) in [6.07, 6.45) is 0. The van der Waals surface area contributed by atoms with Gasteiger partial charge in [0.05, 0.1) is 6.54 Å². The van der Waals surface area contributed by atoms with Gasteiger partial charge in [0.15, 0.2) is 0 Å². The molecule has 1 aromatic carbocycles. The second-order valence-electron chi connectivity index (χ2n) is 5.74. The maximum atomic E-state index is 13.8. The summed E-state index contributed by atoms with van der Waals surface area (Å²) in [7, 11) is -2.77. The zero-order chi connectivity index (χ0) is 17.6. The molecule has 2 saturated heterocycles. The molecule has 0 radical (unpaired) electrons. The second-order valence-corrected chi connectivity index (χ2v) is 7.64. The van der Waals surface area contributed by atoms with E-state index in [4.69, 9.17) is 0 Å². The molecule has 2 heterocycles. The first-order chi connectivity index (χ1) is 11.2. The van der Waals surface area contributed by atoms with Crippen molar-refractivity contribution in [3.05, 3.63) is 29.8 Å². The number of benzene rings is 1. The van der Waals surface area contributed by atoms with Gasteiger partial charge in [0.2, 0.25) is 21.8 Å². The quantitative estimate of drug-likeness (QED) is 0.722. The lowest BCUT2D eigenvalue weighted by molar-refractivity contribution is -0.156. The zero-order valence-electron chi connectivity index (χ0n) is 12.8. The maximum absolute atomic E-state index is 13.8. The third-order valence-corrected chi connectivity index (χ3v) is 6.11. The Bertz CT molecular complexity index is 814. The topological polar surface area (TPSA) is 78.0 Å². The van der Waals surface area contributed by atoms with Crippen LogP contribution in [-0.4, -0.2) is 73.6 Å². The summed E-state index contributed by atoms with van der Waals surface area (Å²) in [4.78, 5) is 26.1. The number of carbonyl (C=O) groups is 2. The van der Waals surface area contributed by atoms with E-state index in [0.29, 0.717) is 6.07 Å². The molecule has 3 rings (SSSR count). The first kappa shape index (κ1) is 16.8. The Morgan fingerprint density at radius 3 is 2.54 bits per heavy atom. The van der Waals surface area contributed by atoms with Crippen LogP contribution in [0.25, 0.3) is 0 Å². The van der Waals surface area contributed by atoms with Crippen LogP contribution in [0.1, 0.15) is 0 Å². The van der Waals surface area contributed by atoms with Crippen LogP contribution in [0.3, 0.4) is 0 Å². The fraction of sp³-hybridized carbons (Fsp3) is 0.429. The van der Waals surface area contributed by atoms with Crippen molar-refractivity contribution in [1.29, 1.82) is 0 Å². The molecule has 10 heteroatoms. The minimum Gasteiger partial charge on any atom is -0.335 e. The molecule has 0 aliphatic carbocycles. The Balaban J connectivity index is 1.91. The van der Waals surface area contributed by atoms with E-state index >= 15 is 0 Å². The summed E-state index contributed by atoms with van der Waals surface area (Å²) in [6.45, 7) is -0.313. The van der Waals surface area contributed by atoms with Gasteiger partial charge in [-0.2, -0.15) is 4.31 Å². The highest BCUT2D eigenvalue weighted by Crippen LogP contribution is 2.25. The summed E-state index contributed by atoms with van der Waals surface area (Å²) in [5.41, 5.74) is 0. The van der Waals surface area contributed by atoms with Gasteiger partial charge in [-0.3, -0.25) is 9.59 Å². The highest BCUT2D eigenvalue weighted by atomic mass is 32.2. The number of carbonyl (C=O) groups excluding carboxylic acids is 2. The van der Waals surface area contributed by atoms with Crippen molar-refractivity contribution in [2.45, 2.75) is 10.9 Å². The monoisotopic (exact) mass is 359 g/mol. The average Bonchev–Trinajstić information content (AvgIpc) is 2.52. The zero-order valence-corrected chi connectivity index (χ0v) is 13.6. The van der Waals surface area contributed by atoms with Gasteiger partial charge < -0.3 is 9.80 Å². The number of rotatable bonds is 2. The molecular formula is C14H15F2N3O4S. The third-order valence-electron chi connectivity index (χ3n) is 4.21. The van der Waals surface area contributed by atoms with Gasteiger partial charge in [-0.15, -0.1) is 0 Å². The van der Waals surface area contributed by atoms with Crippen molar-refractivity contribution >= 4 is 21.8 Å². The van der Waals surface area contributed by atoms with Crippen molar-refractivity contribution in [3.8, 4) is 0 Å². The Hall–Kier alpha value is -2.07. The fourth-order valence-electron chi connectivity index (χ4n) is 2.94. The van der Waals surface area contributed by atoms with Crippen molar-refractivity contribution in [2.24, 2.45) is 0 Å². The lowest BCUT2D eigenvalue weighted by Gasteiger charge is -2.44. The summed E-state index contributed by atoms with van der Waals surface area (Å²) >= 11 is 0. The molecule has 2 aliphatic heterocycles. The summed E-state index contributed by atoms with van der Waals surface area (Å²) in [5, 5.41) is 0. The van der Waals surface area contributed by atoms with Crippen LogP contribution in [0.5, 0.6) is 0 Å². The van der Waals surface area contributed by atoms with Gasteiger partial charge >= 0.3 is 0 Å². The Morgan fingerprint density at radius 1 is 1.17 bits per heavy atom. The molecule has 24 heavy (non-hydrogen) atoms. The van der Waals surface area contributed by atoms with Crippen molar-refractivity contribution in [2.75, 3.05) is 33.2 Å². The number of piperazine rings is 2. The van der Waals surface area contributed by atoms with Gasteiger partial charge in [0.25, 0.3) is 0 Å². The van der Waals surface area contributed by atoms with Crippen molar-refractivity contribution < 1.29 is 26.8 Å². The van der Waals surface area contributed by atoms with Crippen LogP contribution in [0.15, 0.2) is 23.1 Å². The summed E-state index contributed by atoms with van der Waals surface area (Å²) in [5.74, 6) is -2.70. The highest BCUT2D eigenvalue weighted by molar-refractivity contribution is 7.89. The highest BCUT2D eigenvalue weighted by Gasteiger charge is 2.44. The lowest BCUT2D eigenvalue weighted by atomic mass is 10.1. The van der Waals surface area contributed by atoms with Gasteiger partial charge in [0, 0.05) is 32.7 Å². The molecule has 0 N–H and O–H groups in total. The smallest absolute Gasteiger partial charge is 0.246 e. The van der Waals surface area contributed by atoms with Gasteiger partial charge in [-0.25, -0.2) is 17.2 Å². The standard InChI is InChI=1S/C14H15F2N3O4S/c1-17-8-13(20)19-5-4-18(7-11(19)14(17)21)24(22,23)12-3-2-9(15)6-10(12)16/h2-3,6,11H,4-5,7-8H2,1H3/t11-/m1/s1. The molecule has 0 aromatic heterocycles. The van der Waals surface area contributed by atoms with E-state index < -0.39 is 32.6 Å². The Kier molecular flexibility index (Phi) is 4.04.